The number of fused-ring (bicyclic) bond motifs is 1. The van der Waals surface area contributed by atoms with Gasteiger partial charge in [-0.1, -0.05) is 29.8 Å². The number of aliphatic hydroxyl groups is 1. The molecule has 1 aromatic heterocycles. The molecule has 1 N–H and O–H groups in total. The summed E-state index contributed by atoms with van der Waals surface area (Å²) < 4.78 is 0. The van der Waals surface area contributed by atoms with Gasteiger partial charge in [0.05, 0.1) is 0 Å². The summed E-state index contributed by atoms with van der Waals surface area (Å²) in [6, 6.07) is 9.65. The Balaban J connectivity index is 1.95. The van der Waals surface area contributed by atoms with Crippen molar-refractivity contribution >= 4 is 34.7 Å². The summed E-state index contributed by atoms with van der Waals surface area (Å²) in [6.07, 6.45) is 0.527. The van der Waals surface area contributed by atoms with Crippen molar-refractivity contribution in [2.45, 2.75) is 18.3 Å². The molecule has 2 aromatic rings. The number of rotatable bonds is 2. The number of benzene rings is 1. The van der Waals surface area contributed by atoms with Gasteiger partial charge in [-0.05, 0) is 29.9 Å². The summed E-state index contributed by atoms with van der Waals surface area (Å²) >= 11 is 9.82. The second-order valence-corrected chi connectivity index (χ2v) is 7.00. The number of hydrogen-bond acceptors (Lipinski definition) is 3. The van der Waals surface area contributed by atoms with Crippen molar-refractivity contribution in [1.29, 1.82) is 0 Å². The smallest absolute Gasteiger partial charge is 0.115 e. The van der Waals surface area contributed by atoms with Gasteiger partial charge >= 0.3 is 0 Å². The Morgan fingerprint density at radius 1 is 1.28 bits per heavy atom. The molecular formula is C14H13ClOS2. The van der Waals surface area contributed by atoms with Crippen LogP contribution in [0.3, 0.4) is 0 Å². The maximum Gasteiger partial charge on any atom is 0.115 e. The first-order valence-corrected chi connectivity index (χ1v) is 8.22. The average Bonchev–Trinajstić information content (AvgIpc) is 2.82. The van der Waals surface area contributed by atoms with Crippen molar-refractivity contribution in [2.24, 2.45) is 0 Å². The maximum atomic E-state index is 10.4. The zero-order valence-corrected chi connectivity index (χ0v) is 12.1. The van der Waals surface area contributed by atoms with Gasteiger partial charge in [0.25, 0.3) is 0 Å². The number of thiophene rings is 1. The van der Waals surface area contributed by atoms with Crippen LogP contribution in [0.4, 0.5) is 0 Å². The zero-order valence-electron chi connectivity index (χ0n) is 9.73. The summed E-state index contributed by atoms with van der Waals surface area (Å²) in [4.78, 5) is 2.44. The second kappa shape index (κ2) is 5.25. The van der Waals surface area contributed by atoms with E-state index in [-0.39, 0.29) is 0 Å². The fraction of sp³-hybridized carbons (Fsp3) is 0.286. The number of halogens is 1. The fourth-order valence-corrected chi connectivity index (χ4v) is 4.78. The molecule has 0 spiro atoms. The molecule has 18 heavy (non-hydrogen) atoms. The van der Waals surface area contributed by atoms with Gasteiger partial charge in [0.2, 0.25) is 0 Å². The molecule has 0 amide bonds. The van der Waals surface area contributed by atoms with Crippen LogP contribution in [0.15, 0.2) is 30.3 Å². The van der Waals surface area contributed by atoms with Crippen LogP contribution in [0.1, 0.15) is 27.0 Å². The van der Waals surface area contributed by atoms with Gasteiger partial charge in [0.1, 0.15) is 6.10 Å². The Morgan fingerprint density at radius 3 is 2.89 bits per heavy atom. The molecule has 1 aliphatic rings. The third-order valence-electron chi connectivity index (χ3n) is 3.12. The molecule has 2 heterocycles. The van der Waals surface area contributed by atoms with Crippen LogP contribution in [0.5, 0.6) is 0 Å². The third kappa shape index (κ3) is 2.32. The molecule has 0 aliphatic carbocycles. The Hall–Kier alpha value is -0.480. The maximum absolute atomic E-state index is 10.4. The van der Waals surface area contributed by atoms with Gasteiger partial charge in [0.15, 0.2) is 0 Å². The predicted molar refractivity (Wildman–Crippen MR) is 79.7 cm³/mol. The van der Waals surface area contributed by atoms with E-state index < -0.39 is 6.10 Å². The number of aliphatic hydroxyl groups excluding tert-OH is 1. The first kappa shape index (κ1) is 12.5. The molecule has 0 fully saturated rings. The summed E-state index contributed by atoms with van der Waals surface area (Å²) in [7, 11) is 0. The molecule has 1 nitrogen and oxygen atoms in total. The number of aryl methyl sites for hydroxylation is 1. The molecule has 1 unspecified atom stereocenters. The summed E-state index contributed by atoms with van der Waals surface area (Å²) in [5.74, 6) is 2.26. The summed E-state index contributed by atoms with van der Waals surface area (Å²) in [5.41, 5.74) is 2.18. The van der Waals surface area contributed by atoms with E-state index in [4.69, 9.17) is 11.6 Å². The lowest BCUT2D eigenvalue weighted by molar-refractivity contribution is 0.224. The highest BCUT2D eigenvalue weighted by atomic mass is 35.5. The Morgan fingerprint density at radius 2 is 2.11 bits per heavy atom. The SMILES string of the molecule is OC(c1cc2c(s1)CCSC2)c1ccccc1Cl. The van der Waals surface area contributed by atoms with Crippen LogP contribution in [0, 0.1) is 0 Å². The van der Waals surface area contributed by atoms with Gasteiger partial charge in [0, 0.05) is 26.1 Å². The molecule has 1 aromatic carbocycles. The van der Waals surface area contributed by atoms with Crippen LogP contribution in [0.2, 0.25) is 5.02 Å². The number of hydrogen-bond donors (Lipinski definition) is 1. The van der Waals surface area contributed by atoms with Crippen LogP contribution in [-0.4, -0.2) is 10.9 Å². The van der Waals surface area contributed by atoms with E-state index in [2.05, 4.69) is 6.07 Å². The molecule has 0 saturated carbocycles. The van der Waals surface area contributed by atoms with Gasteiger partial charge in [-0.3, -0.25) is 0 Å². The van der Waals surface area contributed by atoms with Crippen LogP contribution < -0.4 is 0 Å². The minimum absolute atomic E-state index is 0.598. The average molecular weight is 297 g/mol. The molecule has 94 valence electrons. The van der Waals surface area contributed by atoms with E-state index in [1.807, 2.05) is 36.0 Å². The third-order valence-corrected chi connectivity index (χ3v) is 5.76. The van der Waals surface area contributed by atoms with Crippen molar-refractivity contribution < 1.29 is 5.11 Å². The minimum Gasteiger partial charge on any atom is -0.383 e. The van der Waals surface area contributed by atoms with Gasteiger partial charge in [-0.25, -0.2) is 0 Å². The van der Waals surface area contributed by atoms with Gasteiger partial charge < -0.3 is 5.11 Å². The first-order chi connectivity index (χ1) is 8.75. The quantitative estimate of drug-likeness (QED) is 0.893. The van der Waals surface area contributed by atoms with Gasteiger partial charge in [-0.15, -0.1) is 11.3 Å². The number of thioether (sulfide) groups is 1. The zero-order chi connectivity index (χ0) is 12.5. The molecule has 4 heteroatoms. The second-order valence-electron chi connectivity index (χ2n) is 4.32. The highest BCUT2D eigenvalue weighted by molar-refractivity contribution is 7.98. The molecule has 3 rings (SSSR count). The first-order valence-electron chi connectivity index (χ1n) is 5.87. The monoisotopic (exact) mass is 296 g/mol. The largest absolute Gasteiger partial charge is 0.383 e. The van der Waals surface area contributed by atoms with Crippen LogP contribution in [-0.2, 0) is 12.2 Å². The predicted octanol–water partition coefficient (Wildman–Crippen LogP) is 4.27. The van der Waals surface area contributed by atoms with Gasteiger partial charge in [-0.2, -0.15) is 11.8 Å². The van der Waals surface area contributed by atoms with E-state index in [9.17, 15) is 5.11 Å². The highest BCUT2D eigenvalue weighted by Gasteiger charge is 2.20. The van der Waals surface area contributed by atoms with Crippen molar-refractivity contribution in [3.63, 3.8) is 0 Å². The van der Waals surface area contributed by atoms with Crippen molar-refractivity contribution in [3.05, 3.63) is 56.2 Å². The van der Waals surface area contributed by atoms with Crippen LogP contribution >= 0.6 is 34.7 Å². The van der Waals surface area contributed by atoms with E-state index >= 15 is 0 Å². The molecular weight excluding hydrogens is 284 g/mol. The van der Waals surface area contributed by atoms with Crippen LogP contribution in [0.25, 0.3) is 0 Å². The minimum atomic E-state index is -0.598. The van der Waals surface area contributed by atoms with E-state index in [0.29, 0.717) is 5.02 Å². The summed E-state index contributed by atoms with van der Waals surface area (Å²) in [6.45, 7) is 0. The Labute approximate surface area is 120 Å². The molecule has 1 atom stereocenters. The lowest BCUT2D eigenvalue weighted by Crippen LogP contribution is -1.97. The lowest BCUT2D eigenvalue weighted by atomic mass is 10.1. The van der Waals surface area contributed by atoms with Crippen molar-refractivity contribution in [3.8, 4) is 0 Å². The van der Waals surface area contributed by atoms with Crippen molar-refractivity contribution in [2.75, 3.05) is 5.75 Å². The molecule has 1 aliphatic heterocycles. The Bertz CT molecular complexity index is 541. The standard InChI is InChI=1S/C14H13ClOS2/c15-11-4-2-1-3-10(11)14(16)13-7-9-8-17-6-5-12(9)18-13/h1-4,7,14,16H,5-6,8H2. The van der Waals surface area contributed by atoms with Crippen molar-refractivity contribution in [1.82, 2.24) is 0 Å². The van der Waals surface area contributed by atoms with E-state index in [1.54, 1.807) is 11.3 Å². The Kier molecular flexibility index (Phi) is 3.66. The lowest BCUT2D eigenvalue weighted by Gasteiger charge is -2.10. The summed E-state index contributed by atoms with van der Waals surface area (Å²) in [5, 5.41) is 11.1. The molecule has 0 bridgehead atoms. The van der Waals surface area contributed by atoms with E-state index in [0.717, 1.165) is 22.6 Å². The highest BCUT2D eigenvalue weighted by Crippen LogP contribution is 2.37. The topological polar surface area (TPSA) is 20.2 Å². The fourth-order valence-electron chi connectivity index (χ4n) is 2.16. The molecule has 0 saturated heterocycles. The normalized spacial score (nSPS) is 16.3. The van der Waals surface area contributed by atoms with E-state index in [1.165, 1.54) is 16.2 Å². The molecule has 0 radical (unpaired) electrons.